The van der Waals surface area contributed by atoms with Gasteiger partial charge in [-0.25, -0.2) is 10.4 Å². The van der Waals surface area contributed by atoms with Gasteiger partial charge in [0.2, 0.25) is 0 Å². The molecule has 0 atom stereocenters. The van der Waals surface area contributed by atoms with E-state index < -0.39 is 0 Å². The highest BCUT2D eigenvalue weighted by Gasteiger charge is 2.23. The van der Waals surface area contributed by atoms with Crippen LogP contribution in [0.2, 0.25) is 0 Å². The van der Waals surface area contributed by atoms with Gasteiger partial charge in [0.25, 0.3) is 11.8 Å². The Hall–Kier alpha value is -3.91. The first-order valence-corrected chi connectivity index (χ1v) is 11.1. The van der Waals surface area contributed by atoms with Gasteiger partial charge in [-0.1, -0.05) is 37.3 Å². The first-order chi connectivity index (χ1) is 15.7. The zero-order valence-electron chi connectivity index (χ0n) is 17.2. The fraction of sp³-hybridized carbons (Fsp3) is 0.0833. The number of carbonyl (C=O) groups excluding carboxylic acids is 2. The third-order valence-corrected chi connectivity index (χ3v) is 6.05. The van der Waals surface area contributed by atoms with Crippen molar-refractivity contribution in [3.8, 4) is 11.3 Å². The molecule has 2 amide bonds. The molecule has 0 unspecified atom stereocenters. The number of nitrogens with zero attached hydrogens (tertiary/aromatic N) is 2. The van der Waals surface area contributed by atoms with Crippen LogP contribution in [0, 0.1) is 0 Å². The number of rotatable bonds is 5. The van der Waals surface area contributed by atoms with Crippen LogP contribution in [0.4, 0.5) is 5.69 Å². The number of aromatic amines is 1. The summed E-state index contributed by atoms with van der Waals surface area (Å²) in [6.07, 6.45) is 3.32. The number of pyridine rings is 1. The molecule has 7 nitrogen and oxygen atoms in total. The van der Waals surface area contributed by atoms with Crippen LogP contribution < -0.4 is 10.7 Å². The maximum atomic E-state index is 13.0. The molecule has 3 heterocycles. The van der Waals surface area contributed by atoms with Gasteiger partial charge in [0.05, 0.1) is 23.0 Å². The predicted octanol–water partition coefficient (Wildman–Crippen LogP) is 4.67. The summed E-state index contributed by atoms with van der Waals surface area (Å²) < 4.78 is 0. The number of hydrazone groups is 1. The van der Waals surface area contributed by atoms with Crippen LogP contribution in [0.1, 0.15) is 33.2 Å². The lowest BCUT2D eigenvalue weighted by Crippen LogP contribution is -2.18. The van der Waals surface area contributed by atoms with E-state index in [1.165, 1.54) is 11.8 Å². The van der Waals surface area contributed by atoms with Gasteiger partial charge in [-0.2, -0.15) is 5.10 Å². The lowest BCUT2D eigenvalue weighted by molar-refractivity contribution is 0.0955. The second-order valence-electron chi connectivity index (χ2n) is 7.17. The van der Waals surface area contributed by atoms with Crippen molar-refractivity contribution >= 4 is 46.4 Å². The molecule has 0 radical (unpaired) electrons. The Balaban J connectivity index is 1.60. The van der Waals surface area contributed by atoms with Crippen LogP contribution in [0.3, 0.4) is 0 Å². The topological polar surface area (TPSA) is 99.2 Å². The van der Waals surface area contributed by atoms with Gasteiger partial charge in [-0.3, -0.25) is 9.59 Å². The normalized spacial score (nSPS) is 12.5. The molecule has 0 bridgehead atoms. The Labute approximate surface area is 188 Å². The van der Waals surface area contributed by atoms with Crippen LogP contribution in [-0.4, -0.2) is 33.7 Å². The predicted molar refractivity (Wildman–Crippen MR) is 127 cm³/mol. The van der Waals surface area contributed by atoms with Crippen molar-refractivity contribution in [2.45, 2.75) is 11.9 Å². The molecule has 1 aliphatic rings. The summed E-state index contributed by atoms with van der Waals surface area (Å²) in [5, 5.41) is 8.44. The highest BCUT2D eigenvalue weighted by atomic mass is 32.2. The van der Waals surface area contributed by atoms with Crippen LogP contribution in [0.15, 0.2) is 70.9 Å². The van der Waals surface area contributed by atoms with Crippen molar-refractivity contribution in [2.24, 2.45) is 5.10 Å². The average molecular weight is 442 g/mol. The van der Waals surface area contributed by atoms with E-state index in [1.807, 2.05) is 43.3 Å². The van der Waals surface area contributed by atoms with Crippen molar-refractivity contribution in [3.63, 3.8) is 0 Å². The van der Waals surface area contributed by atoms with Crippen molar-refractivity contribution in [1.82, 2.24) is 15.4 Å². The summed E-state index contributed by atoms with van der Waals surface area (Å²) in [5.41, 5.74) is 7.40. The van der Waals surface area contributed by atoms with Crippen molar-refractivity contribution in [1.29, 1.82) is 0 Å². The maximum Gasteiger partial charge on any atom is 0.272 e. The Morgan fingerprint density at radius 1 is 1.12 bits per heavy atom. The van der Waals surface area contributed by atoms with E-state index in [2.05, 4.69) is 25.8 Å². The number of amides is 2. The SMILES string of the molecule is CCSc1ncccc1C(=O)Nc1cc2c3c(c(-c4ccccc4)[nH]c3c1)C=NNC2=O. The zero-order chi connectivity index (χ0) is 22.1. The lowest BCUT2D eigenvalue weighted by Gasteiger charge is -2.10. The monoisotopic (exact) mass is 441 g/mol. The molecule has 0 saturated heterocycles. The molecule has 1 aliphatic heterocycles. The molecule has 4 aromatic rings. The van der Waals surface area contributed by atoms with Gasteiger partial charge in [-0.05, 0) is 35.6 Å². The molecule has 0 aliphatic carbocycles. The number of thioether (sulfide) groups is 1. The molecule has 3 N–H and O–H groups in total. The number of carbonyl (C=O) groups is 2. The molecule has 0 fully saturated rings. The molecule has 158 valence electrons. The number of hydrogen-bond donors (Lipinski definition) is 3. The Bertz CT molecular complexity index is 1380. The van der Waals surface area contributed by atoms with E-state index in [0.717, 1.165) is 33.5 Å². The molecule has 2 aromatic heterocycles. The Morgan fingerprint density at radius 2 is 1.97 bits per heavy atom. The zero-order valence-corrected chi connectivity index (χ0v) is 18.0. The maximum absolute atomic E-state index is 13.0. The van der Waals surface area contributed by atoms with Gasteiger partial charge in [-0.15, -0.1) is 11.8 Å². The highest BCUT2D eigenvalue weighted by Crippen LogP contribution is 2.34. The molecular formula is C24H19N5O2S. The summed E-state index contributed by atoms with van der Waals surface area (Å²) in [5.74, 6) is 0.199. The number of hydrogen-bond acceptors (Lipinski definition) is 5. The average Bonchev–Trinajstić information content (AvgIpc) is 3.09. The molecule has 0 saturated carbocycles. The van der Waals surface area contributed by atoms with Gasteiger partial charge < -0.3 is 10.3 Å². The van der Waals surface area contributed by atoms with E-state index in [1.54, 1.807) is 30.6 Å². The smallest absolute Gasteiger partial charge is 0.272 e. The summed E-state index contributed by atoms with van der Waals surface area (Å²) in [7, 11) is 0. The minimum atomic E-state index is -0.330. The summed E-state index contributed by atoms with van der Waals surface area (Å²) in [6, 6.07) is 16.8. The highest BCUT2D eigenvalue weighted by molar-refractivity contribution is 7.99. The van der Waals surface area contributed by atoms with Crippen LogP contribution >= 0.6 is 11.8 Å². The molecule has 0 spiro atoms. The Kier molecular flexibility index (Phi) is 5.20. The minimum absolute atomic E-state index is 0.277. The van der Waals surface area contributed by atoms with Crippen LogP contribution in [-0.2, 0) is 0 Å². The molecular weight excluding hydrogens is 422 g/mol. The van der Waals surface area contributed by atoms with Gasteiger partial charge >= 0.3 is 0 Å². The van der Waals surface area contributed by atoms with E-state index >= 15 is 0 Å². The molecule has 32 heavy (non-hydrogen) atoms. The van der Waals surface area contributed by atoms with E-state index in [4.69, 9.17) is 0 Å². The van der Waals surface area contributed by atoms with E-state index in [-0.39, 0.29) is 11.8 Å². The third-order valence-electron chi connectivity index (χ3n) is 5.16. The first-order valence-electron chi connectivity index (χ1n) is 10.1. The second-order valence-corrected chi connectivity index (χ2v) is 8.42. The van der Waals surface area contributed by atoms with E-state index in [0.29, 0.717) is 21.8 Å². The second kappa shape index (κ2) is 8.32. The standard InChI is InChI=1S/C24H19N5O2S/c1-2-32-24-16(9-6-10-25-24)22(30)27-15-11-17-20-18(13-26-29-23(17)31)21(28-19(20)12-15)14-7-4-3-5-8-14/h3-13,28H,2H2,1H3,(H,27,30)(H,29,31). The summed E-state index contributed by atoms with van der Waals surface area (Å²) >= 11 is 1.51. The number of nitrogens with one attached hydrogen (secondary N) is 3. The number of H-pyrrole nitrogens is 1. The Morgan fingerprint density at radius 3 is 2.78 bits per heavy atom. The summed E-state index contributed by atoms with van der Waals surface area (Å²) in [6.45, 7) is 2.01. The fourth-order valence-corrected chi connectivity index (χ4v) is 4.53. The molecule has 5 rings (SSSR count). The number of aromatic nitrogens is 2. The number of anilines is 1. The first kappa shape index (κ1) is 20.0. The van der Waals surface area contributed by atoms with Gasteiger partial charge in [0, 0.05) is 28.4 Å². The molecule has 8 heteroatoms. The van der Waals surface area contributed by atoms with Gasteiger partial charge in [0.15, 0.2) is 0 Å². The summed E-state index contributed by atoms with van der Waals surface area (Å²) in [4.78, 5) is 33.4. The largest absolute Gasteiger partial charge is 0.354 e. The van der Waals surface area contributed by atoms with Crippen LogP contribution in [0.5, 0.6) is 0 Å². The van der Waals surface area contributed by atoms with E-state index in [9.17, 15) is 9.59 Å². The van der Waals surface area contributed by atoms with Crippen molar-refractivity contribution in [3.05, 3.63) is 77.5 Å². The van der Waals surface area contributed by atoms with Crippen molar-refractivity contribution < 1.29 is 9.59 Å². The number of benzene rings is 2. The lowest BCUT2D eigenvalue weighted by atomic mass is 10.0. The minimum Gasteiger partial charge on any atom is -0.354 e. The van der Waals surface area contributed by atoms with Crippen molar-refractivity contribution in [2.75, 3.05) is 11.1 Å². The quantitative estimate of drug-likeness (QED) is 0.392. The third kappa shape index (κ3) is 3.54. The molecule has 2 aromatic carbocycles. The van der Waals surface area contributed by atoms with Gasteiger partial charge in [0.1, 0.15) is 5.03 Å². The fourth-order valence-electron chi connectivity index (χ4n) is 3.80. The van der Waals surface area contributed by atoms with Crippen LogP contribution in [0.25, 0.3) is 22.2 Å².